The van der Waals surface area contributed by atoms with Crippen molar-refractivity contribution in [1.29, 1.82) is 0 Å². The van der Waals surface area contributed by atoms with Crippen LogP contribution in [0.15, 0.2) is 35.4 Å². The van der Waals surface area contributed by atoms with Gasteiger partial charge < -0.3 is 9.88 Å². The first kappa shape index (κ1) is 17.7. The van der Waals surface area contributed by atoms with Crippen LogP contribution in [0.25, 0.3) is 22.2 Å². The maximum Gasteiger partial charge on any atom is 0.273 e. The van der Waals surface area contributed by atoms with Crippen LogP contribution in [0.4, 0.5) is 5.69 Å². The van der Waals surface area contributed by atoms with Crippen molar-refractivity contribution in [3.63, 3.8) is 0 Å². The van der Waals surface area contributed by atoms with Gasteiger partial charge in [0, 0.05) is 31.0 Å². The van der Waals surface area contributed by atoms with E-state index in [1.54, 1.807) is 36.0 Å². The van der Waals surface area contributed by atoms with Crippen molar-refractivity contribution >= 4 is 22.5 Å². The average molecular weight is 377 g/mol. The molecule has 0 aliphatic heterocycles. The number of nitrogens with one attached hydrogen (secondary N) is 2. The van der Waals surface area contributed by atoms with Crippen LogP contribution in [0, 0.1) is 13.8 Å². The minimum Gasteiger partial charge on any atom is -0.321 e. The van der Waals surface area contributed by atoms with Crippen molar-refractivity contribution in [3.8, 4) is 11.3 Å². The molecule has 9 nitrogen and oxygen atoms in total. The number of hydrogen-bond donors (Lipinski definition) is 2. The van der Waals surface area contributed by atoms with Gasteiger partial charge in [-0.05, 0) is 38.1 Å². The number of amides is 1. The molecular formula is C19H19N7O2. The lowest BCUT2D eigenvalue weighted by Crippen LogP contribution is -2.17. The molecule has 1 aromatic carbocycles. The largest absolute Gasteiger partial charge is 0.321 e. The number of aryl methyl sites for hydroxylation is 3. The molecule has 0 bridgehead atoms. The quantitative estimate of drug-likeness (QED) is 0.567. The number of aromatic amines is 1. The van der Waals surface area contributed by atoms with Crippen LogP contribution in [0.2, 0.25) is 0 Å². The highest BCUT2D eigenvalue weighted by molar-refractivity contribution is 6.04. The number of fused-ring (bicyclic) bond motifs is 1. The molecule has 4 rings (SSSR count). The van der Waals surface area contributed by atoms with E-state index >= 15 is 0 Å². The highest BCUT2D eigenvalue weighted by Gasteiger charge is 2.17. The Labute approximate surface area is 160 Å². The van der Waals surface area contributed by atoms with E-state index < -0.39 is 0 Å². The molecule has 0 saturated carbocycles. The van der Waals surface area contributed by atoms with Crippen LogP contribution in [0.1, 0.15) is 21.9 Å². The van der Waals surface area contributed by atoms with Gasteiger partial charge >= 0.3 is 0 Å². The maximum absolute atomic E-state index is 12.6. The van der Waals surface area contributed by atoms with Crippen LogP contribution in [0.3, 0.4) is 0 Å². The predicted octanol–water partition coefficient (Wildman–Crippen LogP) is 1.93. The Morgan fingerprint density at radius 3 is 2.68 bits per heavy atom. The van der Waals surface area contributed by atoms with E-state index in [1.165, 1.54) is 10.9 Å². The lowest BCUT2D eigenvalue weighted by Gasteiger charge is -2.05. The molecule has 9 heteroatoms. The van der Waals surface area contributed by atoms with Crippen molar-refractivity contribution < 1.29 is 4.79 Å². The third-order valence-corrected chi connectivity index (χ3v) is 4.76. The van der Waals surface area contributed by atoms with E-state index in [1.807, 2.05) is 20.9 Å². The van der Waals surface area contributed by atoms with Gasteiger partial charge in [0.05, 0.1) is 28.6 Å². The third kappa shape index (κ3) is 2.86. The number of nitrogens with zero attached hydrogens (tertiary/aromatic N) is 5. The first-order valence-corrected chi connectivity index (χ1v) is 8.68. The van der Waals surface area contributed by atoms with Gasteiger partial charge in [-0.2, -0.15) is 10.2 Å². The van der Waals surface area contributed by atoms with Gasteiger partial charge in [0.2, 0.25) is 0 Å². The summed E-state index contributed by atoms with van der Waals surface area (Å²) in [7, 11) is 3.50. The molecule has 28 heavy (non-hydrogen) atoms. The van der Waals surface area contributed by atoms with E-state index in [2.05, 4.69) is 25.6 Å². The Bertz CT molecular complexity index is 1280. The molecule has 3 aromatic heterocycles. The Kier molecular flexibility index (Phi) is 4.07. The molecule has 1 amide bonds. The molecule has 0 radical (unpaired) electrons. The molecular weight excluding hydrogens is 358 g/mol. The first-order chi connectivity index (χ1) is 13.3. The smallest absolute Gasteiger partial charge is 0.273 e. The Morgan fingerprint density at radius 1 is 1.18 bits per heavy atom. The van der Waals surface area contributed by atoms with Gasteiger partial charge in [-0.15, -0.1) is 0 Å². The number of carbonyl (C=O) groups excluding carboxylic acids is 1. The second-order valence-corrected chi connectivity index (χ2v) is 6.68. The van der Waals surface area contributed by atoms with Crippen LogP contribution in [-0.4, -0.2) is 35.4 Å². The number of hydrogen-bond acceptors (Lipinski definition) is 5. The second kappa shape index (κ2) is 6.45. The van der Waals surface area contributed by atoms with Crippen molar-refractivity contribution in [2.45, 2.75) is 13.8 Å². The molecule has 2 N–H and O–H groups in total. The monoisotopic (exact) mass is 377 g/mol. The van der Waals surface area contributed by atoms with Crippen molar-refractivity contribution in [3.05, 3.63) is 58.0 Å². The highest BCUT2D eigenvalue weighted by Crippen LogP contribution is 2.25. The minimum absolute atomic E-state index is 0.174. The molecule has 0 fully saturated rings. The summed E-state index contributed by atoms with van der Waals surface area (Å²) < 4.78 is 3.18. The summed E-state index contributed by atoms with van der Waals surface area (Å²) in [4.78, 5) is 29.1. The summed E-state index contributed by atoms with van der Waals surface area (Å²) in [6.45, 7) is 3.85. The summed E-state index contributed by atoms with van der Waals surface area (Å²) in [5.41, 5.74) is 4.59. The number of benzene rings is 1. The van der Waals surface area contributed by atoms with Crippen LogP contribution < -0.4 is 10.9 Å². The second-order valence-electron chi connectivity index (χ2n) is 6.68. The Hall–Kier alpha value is -3.75. The molecule has 0 atom stereocenters. The van der Waals surface area contributed by atoms with Crippen LogP contribution >= 0.6 is 0 Å². The summed E-state index contributed by atoms with van der Waals surface area (Å²) in [6, 6.07) is 6.72. The molecule has 0 aliphatic carbocycles. The number of rotatable bonds is 3. The van der Waals surface area contributed by atoms with Crippen molar-refractivity contribution in [2.75, 3.05) is 5.32 Å². The zero-order valence-electron chi connectivity index (χ0n) is 15.9. The van der Waals surface area contributed by atoms with Gasteiger partial charge in [-0.1, -0.05) is 0 Å². The number of H-pyrrole nitrogens is 1. The van der Waals surface area contributed by atoms with Gasteiger partial charge in [0.25, 0.3) is 11.5 Å². The molecule has 3 heterocycles. The van der Waals surface area contributed by atoms with E-state index in [-0.39, 0.29) is 11.5 Å². The van der Waals surface area contributed by atoms with Crippen LogP contribution in [0.5, 0.6) is 0 Å². The number of carbonyl (C=O) groups is 1. The SMILES string of the molecule is Cc1nn(C)c(C)c1-c1cc(C(=O)Nc2ccc3ncn(C)c(=O)c3c2)[nH]n1. The zero-order valence-corrected chi connectivity index (χ0v) is 15.9. The predicted molar refractivity (Wildman–Crippen MR) is 105 cm³/mol. The molecule has 0 saturated heterocycles. The van der Waals surface area contributed by atoms with Crippen molar-refractivity contribution in [1.82, 2.24) is 29.5 Å². The van der Waals surface area contributed by atoms with Crippen LogP contribution in [-0.2, 0) is 14.1 Å². The fraction of sp³-hybridized carbons (Fsp3) is 0.211. The maximum atomic E-state index is 12.6. The van der Waals surface area contributed by atoms with E-state index in [9.17, 15) is 9.59 Å². The zero-order chi connectivity index (χ0) is 20.0. The molecule has 4 aromatic rings. The fourth-order valence-corrected chi connectivity index (χ4v) is 3.20. The van der Waals surface area contributed by atoms with Gasteiger partial charge in [0.15, 0.2) is 0 Å². The van der Waals surface area contributed by atoms with E-state index in [0.717, 1.165) is 17.0 Å². The number of aromatic nitrogens is 6. The third-order valence-electron chi connectivity index (χ3n) is 4.76. The summed E-state index contributed by atoms with van der Waals surface area (Å²) in [5, 5.41) is 14.6. The molecule has 0 spiro atoms. The summed E-state index contributed by atoms with van der Waals surface area (Å²) >= 11 is 0. The van der Waals surface area contributed by atoms with E-state index in [4.69, 9.17) is 0 Å². The Balaban J connectivity index is 1.63. The minimum atomic E-state index is -0.349. The lowest BCUT2D eigenvalue weighted by molar-refractivity contribution is 0.102. The highest BCUT2D eigenvalue weighted by atomic mass is 16.2. The number of anilines is 1. The summed E-state index contributed by atoms with van der Waals surface area (Å²) in [5.74, 6) is -0.349. The molecule has 142 valence electrons. The van der Waals surface area contributed by atoms with E-state index in [0.29, 0.717) is 28.0 Å². The fourth-order valence-electron chi connectivity index (χ4n) is 3.20. The first-order valence-electron chi connectivity index (χ1n) is 8.68. The molecule has 0 aliphatic rings. The lowest BCUT2D eigenvalue weighted by atomic mass is 10.1. The molecule has 0 unspecified atom stereocenters. The van der Waals surface area contributed by atoms with Crippen molar-refractivity contribution in [2.24, 2.45) is 14.1 Å². The Morgan fingerprint density at radius 2 is 1.96 bits per heavy atom. The summed E-state index contributed by atoms with van der Waals surface area (Å²) in [6.07, 6.45) is 1.47. The normalized spacial score (nSPS) is 11.1. The van der Waals surface area contributed by atoms with Gasteiger partial charge in [0.1, 0.15) is 5.69 Å². The van der Waals surface area contributed by atoms with Gasteiger partial charge in [-0.25, -0.2) is 4.98 Å². The average Bonchev–Trinajstić information content (AvgIpc) is 3.23. The standard InChI is InChI=1S/C19H19N7O2/c1-10-17(11(2)26(4)24-10)15-8-16(23-22-15)18(27)21-12-5-6-14-13(7-12)19(28)25(3)9-20-14/h5-9H,1-4H3,(H,21,27)(H,22,23). The van der Waals surface area contributed by atoms with Gasteiger partial charge in [-0.3, -0.25) is 19.4 Å². The topological polar surface area (TPSA) is 110 Å².